The van der Waals surface area contributed by atoms with Crippen LogP contribution in [0.15, 0.2) is 54.6 Å². The fraction of sp³-hybridized carbons (Fsp3) is 0.294. The summed E-state index contributed by atoms with van der Waals surface area (Å²) in [5.41, 5.74) is 8.35. The predicted octanol–water partition coefficient (Wildman–Crippen LogP) is 4.24. The third-order valence-electron chi connectivity index (χ3n) is 3.31. The summed E-state index contributed by atoms with van der Waals surface area (Å²) in [7, 11) is 0. The minimum Gasteiger partial charge on any atom is -0.486 e. The predicted molar refractivity (Wildman–Crippen MR) is 79.1 cm³/mol. The highest BCUT2D eigenvalue weighted by molar-refractivity contribution is 5.31. The Morgan fingerprint density at radius 3 is 2.37 bits per heavy atom. The zero-order chi connectivity index (χ0) is 13.7. The molecule has 0 aliphatic carbocycles. The molecule has 2 heteroatoms. The molecule has 2 atom stereocenters. The molecule has 0 fully saturated rings. The topological polar surface area (TPSA) is 35.2 Å². The first-order valence-electron chi connectivity index (χ1n) is 6.78. The standard InChI is InChI=1S/C17H21NO/c1-3-17(18)15-10-7-11-16(12-15)19-13(2)14-8-5-4-6-9-14/h4-13,17H,3,18H2,1-2H3. The number of hydrogen-bond acceptors (Lipinski definition) is 2. The highest BCUT2D eigenvalue weighted by atomic mass is 16.5. The first kappa shape index (κ1) is 13.6. The van der Waals surface area contributed by atoms with Gasteiger partial charge in [0.05, 0.1) is 0 Å². The van der Waals surface area contributed by atoms with E-state index in [2.05, 4.69) is 26.0 Å². The lowest BCUT2D eigenvalue weighted by Gasteiger charge is -2.17. The molecular formula is C17H21NO. The smallest absolute Gasteiger partial charge is 0.121 e. The van der Waals surface area contributed by atoms with Crippen molar-refractivity contribution in [3.8, 4) is 5.75 Å². The van der Waals surface area contributed by atoms with E-state index in [1.165, 1.54) is 5.56 Å². The molecule has 0 spiro atoms. The summed E-state index contributed by atoms with van der Waals surface area (Å²) in [6, 6.07) is 18.4. The van der Waals surface area contributed by atoms with Crippen molar-refractivity contribution in [1.29, 1.82) is 0 Å². The number of benzene rings is 2. The van der Waals surface area contributed by atoms with Crippen molar-refractivity contribution in [2.24, 2.45) is 5.73 Å². The van der Waals surface area contributed by atoms with Crippen molar-refractivity contribution >= 4 is 0 Å². The maximum atomic E-state index is 6.05. The van der Waals surface area contributed by atoms with Crippen LogP contribution < -0.4 is 10.5 Å². The lowest BCUT2D eigenvalue weighted by atomic mass is 10.1. The van der Waals surface area contributed by atoms with Gasteiger partial charge in [-0.05, 0) is 36.6 Å². The van der Waals surface area contributed by atoms with Crippen molar-refractivity contribution in [2.45, 2.75) is 32.4 Å². The fourth-order valence-corrected chi connectivity index (χ4v) is 2.05. The summed E-state index contributed by atoms with van der Waals surface area (Å²) >= 11 is 0. The van der Waals surface area contributed by atoms with E-state index < -0.39 is 0 Å². The second-order valence-corrected chi connectivity index (χ2v) is 4.76. The summed E-state index contributed by atoms with van der Waals surface area (Å²) in [6.45, 7) is 4.15. The molecule has 2 nitrogen and oxygen atoms in total. The van der Waals surface area contributed by atoms with Crippen LogP contribution in [0.4, 0.5) is 0 Å². The van der Waals surface area contributed by atoms with Gasteiger partial charge in [-0.3, -0.25) is 0 Å². The number of nitrogens with two attached hydrogens (primary N) is 1. The molecule has 0 saturated carbocycles. The van der Waals surface area contributed by atoms with Crippen LogP contribution in [-0.4, -0.2) is 0 Å². The van der Waals surface area contributed by atoms with E-state index in [9.17, 15) is 0 Å². The zero-order valence-electron chi connectivity index (χ0n) is 11.5. The fourth-order valence-electron chi connectivity index (χ4n) is 2.05. The van der Waals surface area contributed by atoms with Gasteiger partial charge < -0.3 is 10.5 Å². The molecule has 19 heavy (non-hydrogen) atoms. The van der Waals surface area contributed by atoms with Gasteiger partial charge in [-0.25, -0.2) is 0 Å². The zero-order valence-corrected chi connectivity index (χ0v) is 11.5. The molecule has 2 aromatic carbocycles. The molecule has 2 rings (SSSR count). The van der Waals surface area contributed by atoms with Gasteiger partial charge in [0.15, 0.2) is 0 Å². The Labute approximate surface area is 115 Å². The van der Waals surface area contributed by atoms with Crippen molar-refractivity contribution in [3.05, 3.63) is 65.7 Å². The Balaban J connectivity index is 2.11. The lowest BCUT2D eigenvalue weighted by molar-refractivity contribution is 0.226. The monoisotopic (exact) mass is 255 g/mol. The summed E-state index contributed by atoms with van der Waals surface area (Å²) in [6.07, 6.45) is 0.965. The molecule has 0 amide bonds. The Morgan fingerprint density at radius 2 is 1.68 bits per heavy atom. The summed E-state index contributed by atoms with van der Waals surface area (Å²) in [5, 5.41) is 0. The van der Waals surface area contributed by atoms with E-state index >= 15 is 0 Å². The van der Waals surface area contributed by atoms with Crippen LogP contribution in [0.25, 0.3) is 0 Å². The number of hydrogen-bond donors (Lipinski definition) is 1. The van der Waals surface area contributed by atoms with Gasteiger partial charge in [-0.2, -0.15) is 0 Å². The molecule has 0 aromatic heterocycles. The average Bonchev–Trinajstić information content (AvgIpc) is 2.47. The van der Waals surface area contributed by atoms with E-state index in [1.54, 1.807) is 0 Å². The molecule has 0 radical (unpaired) electrons. The van der Waals surface area contributed by atoms with Crippen molar-refractivity contribution in [3.63, 3.8) is 0 Å². The van der Waals surface area contributed by atoms with Gasteiger partial charge >= 0.3 is 0 Å². The molecule has 2 aromatic rings. The number of ether oxygens (including phenoxy) is 1. The van der Waals surface area contributed by atoms with Gasteiger partial charge in [-0.15, -0.1) is 0 Å². The average molecular weight is 255 g/mol. The maximum absolute atomic E-state index is 6.05. The molecule has 100 valence electrons. The van der Waals surface area contributed by atoms with Crippen LogP contribution >= 0.6 is 0 Å². The summed E-state index contributed by atoms with van der Waals surface area (Å²) in [4.78, 5) is 0. The van der Waals surface area contributed by atoms with E-state index in [0.717, 1.165) is 17.7 Å². The SMILES string of the molecule is CCC(N)c1cccc(OC(C)c2ccccc2)c1. The van der Waals surface area contributed by atoms with Gasteiger partial charge in [0, 0.05) is 6.04 Å². The van der Waals surface area contributed by atoms with Gasteiger partial charge in [-0.1, -0.05) is 49.4 Å². The second-order valence-electron chi connectivity index (χ2n) is 4.76. The van der Waals surface area contributed by atoms with Crippen LogP contribution in [0.5, 0.6) is 5.75 Å². The third-order valence-corrected chi connectivity index (χ3v) is 3.31. The molecular weight excluding hydrogens is 234 g/mol. The minimum absolute atomic E-state index is 0.0364. The van der Waals surface area contributed by atoms with Crippen LogP contribution in [0.3, 0.4) is 0 Å². The Morgan fingerprint density at radius 1 is 1.00 bits per heavy atom. The molecule has 0 aliphatic heterocycles. The van der Waals surface area contributed by atoms with Crippen LogP contribution in [0.1, 0.15) is 43.5 Å². The largest absolute Gasteiger partial charge is 0.486 e. The quantitative estimate of drug-likeness (QED) is 0.867. The summed E-state index contributed by atoms with van der Waals surface area (Å²) in [5.74, 6) is 0.873. The molecule has 0 saturated heterocycles. The molecule has 0 heterocycles. The number of rotatable bonds is 5. The third kappa shape index (κ3) is 3.58. The highest BCUT2D eigenvalue weighted by Crippen LogP contribution is 2.24. The lowest BCUT2D eigenvalue weighted by Crippen LogP contribution is -2.09. The van der Waals surface area contributed by atoms with Crippen molar-refractivity contribution in [1.82, 2.24) is 0 Å². The van der Waals surface area contributed by atoms with Crippen LogP contribution in [0, 0.1) is 0 Å². The Kier molecular flexibility index (Phi) is 4.58. The van der Waals surface area contributed by atoms with E-state index in [0.29, 0.717) is 0 Å². The molecule has 0 bridgehead atoms. The van der Waals surface area contributed by atoms with E-state index in [4.69, 9.17) is 10.5 Å². The van der Waals surface area contributed by atoms with Gasteiger partial charge in [0.25, 0.3) is 0 Å². The van der Waals surface area contributed by atoms with Crippen molar-refractivity contribution < 1.29 is 4.74 Å². The first-order valence-corrected chi connectivity index (χ1v) is 6.78. The Bertz CT molecular complexity index is 510. The molecule has 2 N–H and O–H groups in total. The van der Waals surface area contributed by atoms with Gasteiger partial charge in [0.1, 0.15) is 11.9 Å². The highest BCUT2D eigenvalue weighted by Gasteiger charge is 2.08. The molecule has 2 unspecified atom stereocenters. The second kappa shape index (κ2) is 6.39. The van der Waals surface area contributed by atoms with E-state index in [1.807, 2.05) is 42.5 Å². The van der Waals surface area contributed by atoms with E-state index in [-0.39, 0.29) is 12.1 Å². The maximum Gasteiger partial charge on any atom is 0.121 e. The van der Waals surface area contributed by atoms with Crippen LogP contribution in [-0.2, 0) is 0 Å². The summed E-state index contributed by atoms with van der Waals surface area (Å²) < 4.78 is 5.98. The molecule has 0 aliphatic rings. The van der Waals surface area contributed by atoms with Gasteiger partial charge in [0.2, 0.25) is 0 Å². The first-order chi connectivity index (χ1) is 9.20. The normalized spacial score (nSPS) is 13.8. The van der Waals surface area contributed by atoms with Crippen molar-refractivity contribution in [2.75, 3.05) is 0 Å². The Hall–Kier alpha value is -1.80. The van der Waals surface area contributed by atoms with Crippen LogP contribution in [0.2, 0.25) is 0 Å². The minimum atomic E-state index is 0.0364.